The molecule has 1 saturated heterocycles. The van der Waals surface area contributed by atoms with Gasteiger partial charge in [0.2, 0.25) is 0 Å². The number of nitrogens with zero attached hydrogens (tertiary/aromatic N) is 4. The van der Waals surface area contributed by atoms with Gasteiger partial charge in [0.1, 0.15) is 5.78 Å². The van der Waals surface area contributed by atoms with Gasteiger partial charge >= 0.3 is 0 Å². The molecule has 0 saturated carbocycles. The fourth-order valence-electron chi connectivity index (χ4n) is 2.42. The molecule has 2 rings (SSSR count). The molecule has 0 spiro atoms. The third-order valence-corrected chi connectivity index (χ3v) is 3.59. The highest BCUT2D eigenvalue weighted by atomic mass is 16.1. The number of aromatic nitrogens is 2. The average molecular weight is 250 g/mol. The Balaban J connectivity index is 1.86. The van der Waals surface area contributed by atoms with E-state index in [1.165, 1.54) is 0 Å². The summed E-state index contributed by atoms with van der Waals surface area (Å²) < 4.78 is 1.74. The second-order valence-electron chi connectivity index (χ2n) is 5.30. The lowest BCUT2D eigenvalue weighted by Crippen LogP contribution is -2.50. The molecule has 1 aliphatic rings. The molecule has 1 fully saturated rings. The summed E-state index contributed by atoms with van der Waals surface area (Å²) in [5.74, 6) is 0.279. The molecule has 1 unspecified atom stereocenters. The van der Waals surface area contributed by atoms with Crippen molar-refractivity contribution in [3.8, 4) is 0 Å². The van der Waals surface area contributed by atoms with Gasteiger partial charge in [0.25, 0.3) is 0 Å². The predicted molar refractivity (Wildman–Crippen MR) is 70.5 cm³/mol. The maximum atomic E-state index is 12.0. The summed E-state index contributed by atoms with van der Waals surface area (Å²) in [6.45, 7) is 3.10. The number of aryl methyl sites for hydroxylation is 1. The van der Waals surface area contributed by atoms with Gasteiger partial charge in [0, 0.05) is 45.3 Å². The smallest absolute Gasteiger partial charge is 0.140 e. The predicted octanol–water partition coefficient (Wildman–Crippen LogP) is 0.168. The molecule has 5 nitrogen and oxygen atoms in total. The summed E-state index contributed by atoms with van der Waals surface area (Å²) in [5.41, 5.74) is 0.870. The SMILES string of the molecule is CN1CCN(C)C(CC(=O)Cc2ccn(C)n2)C1. The minimum Gasteiger partial charge on any atom is -0.304 e. The molecule has 0 N–H and O–H groups in total. The summed E-state index contributed by atoms with van der Waals surface area (Å²) in [6, 6.07) is 2.26. The zero-order valence-electron chi connectivity index (χ0n) is 11.5. The summed E-state index contributed by atoms with van der Waals surface area (Å²) in [7, 11) is 6.09. The van der Waals surface area contributed by atoms with E-state index >= 15 is 0 Å². The van der Waals surface area contributed by atoms with Gasteiger partial charge in [-0.3, -0.25) is 9.48 Å². The minimum absolute atomic E-state index is 0.279. The van der Waals surface area contributed by atoms with Gasteiger partial charge in [-0.05, 0) is 20.2 Å². The fourth-order valence-corrected chi connectivity index (χ4v) is 2.42. The van der Waals surface area contributed by atoms with Gasteiger partial charge < -0.3 is 9.80 Å². The maximum Gasteiger partial charge on any atom is 0.140 e. The Labute approximate surface area is 108 Å². The number of piperazine rings is 1. The van der Waals surface area contributed by atoms with E-state index in [1.54, 1.807) is 4.68 Å². The lowest BCUT2D eigenvalue weighted by molar-refractivity contribution is -0.120. The monoisotopic (exact) mass is 250 g/mol. The third kappa shape index (κ3) is 3.40. The Morgan fingerprint density at radius 3 is 2.83 bits per heavy atom. The van der Waals surface area contributed by atoms with Crippen LogP contribution in [0.4, 0.5) is 0 Å². The molecule has 1 aromatic heterocycles. The molecule has 0 radical (unpaired) electrons. The van der Waals surface area contributed by atoms with Gasteiger partial charge in [0.15, 0.2) is 0 Å². The van der Waals surface area contributed by atoms with Crippen molar-refractivity contribution in [2.75, 3.05) is 33.7 Å². The van der Waals surface area contributed by atoms with Crippen LogP contribution in [0.5, 0.6) is 0 Å². The second kappa shape index (κ2) is 5.63. The first-order valence-corrected chi connectivity index (χ1v) is 6.43. The number of likely N-dealkylation sites (N-methyl/N-ethyl adjacent to an activating group) is 2. The van der Waals surface area contributed by atoms with Crippen LogP contribution < -0.4 is 0 Å². The first-order valence-electron chi connectivity index (χ1n) is 6.43. The van der Waals surface area contributed by atoms with Crippen LogP contribution in [0.3, 0.4) is 0 Å². The number of rotatable bonds is 4. The molecular formula is C13H22N4O. The highest BCUT2D eigenvalue weighted by molar-refractivity contribution is 5.81. The molecular weight excluding hydrogens is 228 g/mol. The van der Waals surface area contributed by atoms with Gasteiger partial charge in [-0.25, -0.2) is 0 Å². The first kappa shape index (κ1) is 13.2. The van der Waals surface area contributed by atoms with E-state index in [0.717, 1.165) is 25.3 Å². The zero-order chi connectivity index (χ0) is 13.1. The van der Waals surface area contributed by atoms with Crippen LogP contribution >= 0.6 is 0 Å². The summed E-state index contributed by atoms with van der Waals surface area (Å²) in [6.07, 6.45) is 2.95. The van der Waals surface area contributed by atoms with E-state index < -0.39 is 0 Å². The van der Waals surface area contributed by atoms with Crippen molar-refractivity contribution in [2.45, 2.75) is 18.9 Å². The number of carbonyl (C=O) groups is 1. The molecule has 5 heteroatoms. The molecule has 0 bridgehead atoms. The first-order chi connectivity index (χ1) is 8.54. The van der Waals surface area contributed by atoms with Crippen molar-refractivity contribution in [1.82, 2.24) is 19.6 Å². The Morgan fingerprint density at radius 2 is 2.17 bits per heavy atom. The minimum atomic E-state index is 0.279. The zero-order valence-corrected chi connectivity index (χ0v) is 11.5. The Kier molecular flexibility index (Phi) is 4.14. The van der Waals surface area contributed by atoms with Crippen LogP contribution in [-0.4, -0.2) is 65.1 Å². The summed E-state index contributed by atoms with van der Waals surface area (Å²) in [5, 5.41) is 4.25. The lowest BCUT2D eigenvalue weighted by atomic mass is 10.0. The van der Waals surface area contributed by atoms with E-state index in [1.807, 2.05) is 19.3 Å². The van der Waals surface area contributed by atoms with Crippen LogP contribution in [0, 0.1) is 0 Å². The van der Waals surface area contributed by atoms with Gasteiger partial charge in [-0.1, -0.05) is 0 Å². The molecule has 1 atom stereocenters. The third-order valence-electron chi connectivity index (χ3n) is 3.59. The van der Waals surface area contributed by atoms with Crippen molar-refractivity contribution >= 4 is 5.78 Å². The van der Waals surface area contributed by atoms with Crippen molar-refractivity contribution in [1.29, 1.82) is 0 Å². The number of ketones is 1. The quantitative estimate of drug-likeness (QED) is 0.764. The summed E-state index contributed by atoms with van der Waals surface area (Å²) in [4.78, 5) is 16.6. The molecule has 18 heavy (non-hydrogen) atoms. The number of Topliss-reactive ketones (excluding diaryl/α,β-unsaturated/α-hetero) is 1. The summed E-state index contributed by atoms with van der Waals surface area (Å²) >= 11 is 0. The van der Waals surface area contributed by atoms with Crippen LogP contribution in [0.15, 0.2) is 12.3 Å². The van der Waals surface area contributed by atoms with Crippen molar-refractivity contribution < 1.29 is 4.79 Å². The molecule has 0 amide bonds. The average Bonchev–Trinajstić information content (AvgIpc) is 2.69. The molecule has 1 aromatic rings. The molecule has 100 valence electrons. The Hall–Kier alpha value is -1.20. The van der Waals surface area contributed by atoms with E-state index in [9.17, 15) is 4.79 Å². The number of carbonyl (C=O) groups excluding carboxylic acids is 1. The molecule has 1 aliphatic heterocycles. The van der Waals surface area contributed by atoms with E-state index in [-0.39, 0.29) is 5.78 Å². The Morgan fingerprint density at radius 1 is 1.39 bits per heavy atom. The number of hydrogen-bond acceptors (Lipinski definition) is 4. The van der Waals surface area contributed by atoms with Gasteiger partial charge in [-0.2, -0.15) is 5.10 Å². The second-order valence-corrected chi connectivity index (χ2v) is 5.30. The van der Waals surface area contributed by atoms with Crippen molar-refractivity contribution in [2.24, 2.45) is 7.05 Å². The number of hydrogen-bond donors (Lipinski definition) is 0. The van der Waals surface area contributed by atoms with Crippen molar-refractivity contribution in [3.63, 3.8) is 0 Å². The van der Waals surface area contributed by atoms with Crippen LogP contribution in [0.25, 0.3) is 0 Å². The lowest BCUT2D eigenvalue weighted by Gasteiger charge is -2.37. The normalized spacial score (nSPS) is 22.3. The topological polar surface area (TPSA) is 41.4 Å². The maximum absolute atomic E-state index is 12.0. The Bertz CT molecular complexity index is 415. The van der Waals surface area contributed by atoms with Crippen LogP contribution in [-0.2, 0) is 18.3 Å². The van der Waals surface area contributed by atoms with E-state index in [4.69, 9.17) is 0 Å². The van der Waals surface area contributed by atoms with Crippen LogP contribution in [0.1, 0.15) is 12.1 Å². The van der Waals surface area contributed by atoms with Gasteiger partial charge in [0.05, 0.1) is 12.1 Å². The van der Waals surface area contributed by atoms with Gasteiger partial charge in [-0.15, -0.1) is 0 Å². The fraction of sp³-hybridized carbons (Fsp3) is 0.692. The van der Waals surface area contributed by atoms with Crippen LogP contribution in [0.2, 0.25) is 0 Å². The van der Waals surface area contributed by atoms with E-state index in [2.05, 4.69) is 29.0 Å². The highest BCUT2D eigenvalue weighted by Gasteiger charge is 2.24. The largest absolute Gasteiger partial charge is 0.304 e. The highest BCUT2D eigenvalue weighted by Crippen LogP contribution is 2.11. The molecule has 0 aromatic carbocycles. The van der Waals surface area contributed by atoms with E-state index in [0.29, 0.717) is 18.9 Å². The van der Waals surface area contributed by atoms with Crippen molar-refractivity contribution in [3.05, 3.63) is 18.0 Å². The standard InChI is InChI=1S/C13H22N4O/c1-15-6-7-16(2)12(10-15)9-13(18)8-11-4-5-17(3)14-11/h4-5,12H,6-10H2,1-3H3. The molecule has 2 heterocycles. The molecule has 0 aliphatic carbocycles.